The molecule has 0 saturated carbocycles. The number of likely N-dealkylation sites (N-methyl/N-ethyl adjacent to an activating group) is 1. The molecule has 0 bridgehead atoms. The Bertz CT molecular complexity index is 86.1. The zero-order valence-corrected chi connectivity index (χ0v) is 6.81. The van der Waals surface area contributed by atoms with Gasteiger partial charge in [-0.25, -0.2) is 0 Å². The number of alkyl halides is 1. The van der Waals surface area contributed by atoms with Crippen molar-refractivity contribution in [1.29, 1.82) is 0 Å². The molecule has 8 heavy (non-hydrogen) atoms. The van der Waals surface area contributed by atoms with E-state index in [4.69, 9.17) is 5.73 Å². The van der Waals surface area contributed by atoms with E-state index < -0.39 is 0 Å². The molecular formula is C4H9IN2O. The van der Waals surface area contributed by atoms with Gasteiger partial charge in [-0.2, -0.15) is 0 Å². The number of carbonyl (C=O) groups excluding carboxylic acids is 1. The number of amides is 1. The minimum atomic E-state index is -0.347. The van der Waals surface area contributed by atoms with E-state index in [1.807, 2.05) is 0 Å². The third-order valence-electron chi connectivity index (χ3n) is 0.749. The topological polar surface area (TPSA) is 55.1 Å². The van der Waals surface area contributed by atoms with Crippen molar-refractivity contribution in [2.75, 3.05) is 11.5 Å². The highest BCUT2D eigenvalue weighted by atomic mass is 127. The van der Waals surface area contributed by atoms with E-state index >= 15 is 0 Å². The maximum absolute atomic E-state index is 10.5. The molecule has 4 heteroatoms. The highest BCUT2D eigenvalue weighted by Crippen LogP contribution is 1.85. The van der Waals surface area contributed by atoms with Gasteiger partial charge in [0.1, 0.15) is 0 Å². The van der Waals surface area contributed by atoms with Crippen LogP contribution in [0.3, 0.4) is 0 Å². The maximum Gasteiger partial charge on any atom is 0.237 e. The molecule has 0 rings (SSSR count). The minimum Gasteiger partial charge on any atom is -0.358 e. The summed E-state index contributed by atoms with van der Waals surface area (Å²) in [5.41, 5.74) is 5.31. The molecule has 0 aromatic carbocycles. The van der Waals surface area contributed by atoms with Crippen LogP contribution in [0.1, 0.15) is 0 Å². The fourth-order valence-corrected chi connectivity index (χ4v) is 0.655. The summed E-state index contributed by atoms with van der Waals surface area (Å²) in [6, 6.07) is -0.347. The van der Waals surface area contributed by atoms with E-state index in [1.165, 1.54) is 0 Å². The second-order valence-corrected chi connectivity index (χ2v) is 2.26. The maximum atomic E-state index is 10.5. The Hall–Kier alpha value is 0.160. The van der Waals surface area contributed by atoms with Crippen LogP contribution in [0.15, 0.2) is 0 Å². The van der Waals surface area contributed by atoms with Gasteiger partial charge in [0.15, 0.2) is 0 Å². The summed E-state index contributed by atoms with van der Waals surface area (Å²) in [4.78, 5) is 10.5. The first kappa shape index (κ1) is 8.16. The number of halogens is 1. The van der Waals surface area contributed by atoms with E-state index in [-0.39, 0.29) is 11.9 Å². The lowest BCUT2D eigenvalue weighted by atomic mass is 10.3. The quantitative estimate of drug-likeness (QED) is 0.494. The van der Waals surface area contributed by atoms with Crippen molar-refractivity contribution < 1.29 is 4.79 Å². The van der Waals surface area contributed by atoms with Gasteiger partial charge in [-0.1, -0.05) is 22.6 Å². The first-order chi connectivity index (χ1) is 3.72. The average molecular weight is 228 g/mol. The van der Waals surface area contributed by atoms with Crippen LogP contribution in [0.25, 0.3) is 0 Å². The first-order valence-electron chi connectivity index (χ1n) is 2.25. The van der Waals surface area contributed by atoms with Crippen LogP contribution < -0.4 is 11.1 Å². The molecule has 0 aliphatic carbocycles. The van der Waals surface area contributed by atoms with Crippen molar-refractivity contribution in [1.82, 2.24) is 5.32 Å². The van der Waals surface area contributed by atoms with Gasteiger partial charge < -0.3 is 11.1 Å². The average Bonchev–Trinajstić information content (AvgIpc) is 1.84. The normalized spacial score (nSPS) is 12.9. The molecule has 1 atom stereocenters. The highest BCUT2D eigenvalue weighted by Gasteiger charge is 2.07. The molecule has 3 nitrogen and oxygen atoms in total. The van der Waals surface area contributed by atoms with Gasteiger partial charge in [0, 0.05) is 11.5 Å². The molecular weight excluding hydrogens is 219 g/mol. The van der Waals surface area contributed by atoms with Crippen LogP contribution in [-0.2, 0) is 4.79 Å². The van der Waals surface area contributed by atoms with E-state index in [2.05, 4.69) is 27.9 Å². The standard InChI is InChI=1S/C4H9IN2O/c1-7-4(8)3(6)2-5/h3H,2,6H2,1H3,(H,7,8). The van der Waals surface area contributed by atoms with E-state index in [0.29, 0.717) is 4.43 Å². The summed E-state index contributed by atoms with van der Waals surface area (Å²) in [7, 11) is 1.58. The van der Waals surface area contributed by atoms with Crippen molar-refractivity contribution in [2.24, 2.45) is 5.73 Å². The second-order valence-electron chi connectivity index (χ2n) is 1.38. The molecule has 0 fully saturated rings. The number of nitrogens with one attached hydrogen (secondary N) is 1. The molecule has 48 valence electrons. The van der Waals surface area contributed by atoms with Gasteiger partial charge in [-0.05, 0) is 0 Å². The summed E-state index contributed by atoms with van der Waals surface area (Å²) < 4.78 is 0.664. The molecule has 1 unspecified atom stereocenters. The van der Waals surface area contributed by atoms with Crippen LogP contribution in [0.4, 0.5) is 0 Å². The minimum absolute atomic E-state index is 0.0978. The molecule has 0 aliphatic heterocycles. The Kier molecular flexibility index (Phi) is 4.16. The molecule has 0 aromatic heterocycles. The van der Waals surface area contributed by atoms with Crippen molar-refractivity contribution in [3.05, 3.63) is 0 Å². The highest BCUT2D eigenvalue weighted by molar-refractivity contribution is 14.1. The van der Waals surface area contributed by atoms with Crippen LogP contribution in [-0.4, -0.2) is 23.4 Å². The van der Waals surface area contributed by atoms with Crippen LogP contribution in [0.5, 0.6) is 0 Å². The lowest BCUT2D eigenvalue weighted by molar-refractivity contribution is -0.121. The van der Waals surface area contributed by atoms with E-state index in [1.54, 1.807) is 7.05 Å². The van der Waals surface area contributed by atoms with Crippen LogP contribution >= 0.6 is 22.6 Å². The molecule has 0 aliphatic rings. The fraction of sp³-hybridized carbons (Fsp3) is 0.750. The second kappa shape index (κ2) is 4.08. The SMILES string of the molecule is CNC(=O)C(N)CI. The number of hydrogen-bond donors (Lipinski definition) is 2. The third-order valence-corrected chi connectivity index (χ3v) is 1.70. The Morgan fingerprint density at radius 1 is 2.00 bits per heavy atom. The number of hydrogen-bond acceptors (Lipinski definition) is 2. The molecule has 3 N–H and O–H groups in total. The third kappa shape index (κ3) is 2.46. The Morgan fingerprint density at radius 2 is 2.50 bits per heavy atom. The van der Waals surface area contributed by atoms with Crippen molar-refractivity contribution >= 4 is 28.5 Å². The summed E-state index contributed by atoms with van der Waals surface area (Å²) >= 11 is 2.07. The predicted molar refractivity (Wildman–Crippen MR) is 40.9 cm³/mol. The van der Waals surface area contributed by atoms with Gasteiger partial charge >= 0.3 is 0 Å². The molecule has 0 aromatic rings. The molecule has 1 amide bonds. The zero-order chi connectivity index (χ0) is 6.57. The monoisotopic (exact) mass is 228 g/mol. The summed E-state index contributed by atoms with van der Waals surface area (Å²) in [6.07, 6.45) is 0. The molecule has 0 spiro atoms. The predicted octanol–water partition coefficient (Wildman–Crippen LogP) is -0.505. The van der Waals surface area contributed by atoms with Gasteiger partial charge in [-0.15, -0.1) is 0 Å². The molecule has 0 radical (unpaired) electrons. The number of nitrogens with two attached hydrogens (primary N) is 1. The van der Waals surface area contributed by atoms with Crippen LogP contribution in [0.2, 0.25) is 0 Å². The lowest BCUT2D eigenvalue weighted by Crippen LogP contribution is -2.39. The number of carbonyl (C=O) groups is 1. The Labute approximate surface area is 62.1 Å². The summed E-state index contributed by atoms with van der Waals surface area (Å²) in [5.74, 6) is -0.0978. The largest absolute Gasteiger partial charge is 0.358 e. The first-order valence-corrected chi connectivity index (χ1v) is 3.78. The lowest BCUT2D eigenvalue weighted by Gasteiger charge is -2.03. The van der Waals surface area contributed by atoms with Gasteiger partial charge in [0.05, 0.1) is 6.04 Å². The Morgan fingerprint density at radius 3 is 2.62 bits per heavy atom. The Balaban J connectivity index is 3.46. The summed E-state index contributed by atoms with van der Waals surface area (Å²) in [5, 5.41) is 2.45. The zero-order valence-electron chi connectivity index (χ0n) is 4.65. The van der Waals surface area contributed by atoms with Crippen molar-refractivity contribution in [2.45, 2.75) is 6.04 Å². The van der Waals surface area contributed by atoms with E-state index in [9.17, 15) is 4.79 Å². The molecule has 0 heterocycles. The van der Waals surface area contributed by atoms with Crippen molar-refractivity contribution in [3.8, 4) is 0 Å². The number of rotatable bonds is 2. The van der Waals surface area contributed by atoms with Crippen molar-refractivity contribution in [3.63, 3.8) is 0 Å². The summed E-state index contributed by atoms with van der Waals surface area (Å²) in [6.45, 7) is 0. The van der Waals surface area contributed by atoms with E-state index in [0.717, 1.165) is 0 Å². The smallest absolute Gasteiger partial charge is 0.237 e. The van der Waals surface area contributed by atoms with Gasteiger partial charge in [0.2, 0.25) is 5.91 Å². The van der Waals surface area contributed by atoms with Gasteiger partial charge in [0.25, 0.3) is 0 Å². The fourth-order valence-electron chi connectivity index (χ4n) is 0.255. The van der Waals surface area contributed by atoms with Crippen LogP contribution in [0, 0.1) is 0 Å². The van der Waals surface area contributed by atoms with Gasteiger partial charge in [-0.3, -0.25) is 4.79 Å². The molecule has 0 saturated heterocycles.